The molecule has 0 aromatic heterocycles. The molecule has 0 radical (unpaired) electrons. The van der Waals surface area contributed by atoms with Crippen molar-refractivity contribution >= 4 is 29.8 Å². The fraction of sp³-hybridized carbons (Fsp3) is 0.367. The smallest absolute Gasteiger partial charge is 0.237 e. The number of para-hydroxylation sites is 1. The normalized spacial score (nSPS) is 16.3. The molecule has 1 fully saturated rings. The SMILES string of the molecule is CC.CNC(=O)C1CCCCN1C.Cc1ccc(/C(N)=C(C=Nc2ccccc2)\C=C\C=O)cc1C. The predicted molar refractivity (Wildman–Crippen MR) is 153 cm³/mol. The number of allylic oxidation sites excluding steroid dienone is 3. The van der Waals surface area contributed by atoms with Crippen LogP contribution in [0.2, 0.25) is 0 Å². The minimum Gasteiger partial charge on any atom is -0.398 e. The number of aliphatic imine (C=N–C) groups is 1. The van der Waals surface area contributed by atoms with Crippen molar-refractivity contribution in [3.8, 4) is 0 Å². The zero-order valence-electron chi connectivity index (χ0n) is 22.6. The number of rotatable bonds is 6. The van der Waals surface area contributed by atoms with Gasteiger partial charge in [0.25, 0.3) is 0 Å². The molecule has 1 unspecified atom stereocenters. The first-order valence-electron chi connectivity index (χ1n) is 12.6. The highest BCUT2D eigenvalue weighted by Crippen LogP contribution is 2.19. The lowest BCUT2D eigenvalue weighted by atomic mass is 10.0. The lowest BCUT2D eigenvalue weighted by Crippen LogP contribution is -2.46. The molecule has 1 amide bonds. The Balaban J connectivity index is 0.000000417. The van der Waals surface area contributed by atoms with Gasteiger partial charge in [0.15, 0.2) is 0 Å². The van der Waals surface area contributed by atoms with Crippen molar-refractivity contribution in [2.75, 3.05) is 20.6 Å². The third-order valence-corrected chi connectivity index (χ3v) is 5.91. The van der Waals surface area contributed by atoms with Gasteiger partial charge in [0.1, 0.15) is 6.29 Å². The highest BCUT2D eigenvalue weighted by Gasteiger charge is 2.24. The minimum atomic E-state index is 0.119. The van der Waals surface area contributed by atoms with Gasteiger partial charge in [-0.2, -0.15) is 0 Å². The molecule has 0 aliphatic carbocycles. The quantitative estimate of drug-likeness (QED) is 0.246. The number of likely N-dealkylation sites (N-methyl/N-ethyl adjacent to an activating group) is 2. The van der Waals surface area contributed by atoms with Crippen LogP contribution in [-0.2, 0) is 9.59 Å². The van der Waals surface area contributed by atoms with Crippen LogP contribution in [0, 0.1) is 13.8 Å². The summed E-state index contributed by atoms with van der Waals surface area (Å²) in [6.07, 6.45) is 8.91. The molecule has 1 heterocycles. The zero-order chi connectivity index (χ0) is 26.9. The molecule has 1 saturated heterocycles. The van der Waals surface area contributed by atoms with Gasteiger partial charge in [-0.25, -0.2) is 0 Å². The first-order chi connectivity index (χ1) is 17.4. The fourth-order valence-corrected chi connectivity index (χ4v) is 3.65. The molecule has 2 aromatic carbocycles. The van der Waals surface area contributed by atoms with Gasteiger partial charge in [0.2, 0.25) is 5.91 Å². The van der Waals surface area contributed by atoms with Crippen molar-refractivity contribution in [1.82, 2.24) is 10.2 Å². The Kier molecular flexibility index (Phi) is 14.4. The largest absolute Gasteiger partial charge is 0.398 e. The fourth-order valence-electron chi connectivity index (χ4n) is 3.65. The Hall–Kier alpha value is -3.51. The van der Waals surface area contributed by atoms with Gasteiger partial charge >= 0.3 is 0 Å². The molecular weight excluding hydrogens is 448 g/mol. The first kappa shape index (κ1) is 30.5. The number of carbonyl (C=O) groups excluding carboxylic acids is 2. The van der Waals surface area contributed by atoms with Gasteiger partial charge in [-0.3, -0.25) is 19.5 Å². The van der Waals surface area contributed by atoms with Crippen LogP contribution in [0.4, 0.5) is 5.69 Å². The lowest BCUT2D eigenvalue weighted by Gasteiger charge is -2.30. The standard InChI is InChI=1S/C20H20N2O.C8H16N2O.C2H6/c1-15-10-11-17(13-16(15)2)20(21)18(7-6-12-23)14-22-19-8-4-3-5-9-19;1-9-8(11)7-5-3-4-6-10(7)2;1-2/h3-14H,21H2,1-2H3;7H,3-6H2,1-2H3,(H,9,11);1-2H3/b7-6+,20-18-,22-14?;;. The molecule has 3 rings (SSSR count). The van der Waals surface area contributed by atoms with E-state index in [4.69, 9.17) is 5.73 Å². The van der Waals surface area contributed by atoms with Crippen molar-refractivity contribution < 1.29 is 9.59 Å². The number of piperidine rings is 1. The van der Waals surface area contributed by atoms with Gasteiger partial charge in [-0.05, 0) is 87.3 Å². The van der Waals surface area contributed by atoms with Crippen LogP contribution < -0.4 is 11.1 Å². The van der Waals surface area contributed by atoms with Crippen LogP contribution in [-0.4, -0.2) is 50.0 Å². The van der Waals surface area contributed by atoms with E-state index in [9.17, 15) is 9.59 Å². The number of nitrogens with two attached hydrogens (primary N) is 1. The monoisotopic (exact) mass is 490 g/mol. The second kappa shape index (κ2) is 17.0. The number of hydrogen-bond donors (Lipinski definition) is 2. The Morgan fingerprint density at radius 2 is 1.78 bits per heavy atom. The number of nitrogens with one attached hydrogen (secondary N) is 1. The van der Waals surface area contributed by atoms with Crippen molar-refractivity contribution in [3.05, 3.63) is 82.9 Å². The second-order valence-corrected chi connectivity index (χ2v) is 8.36. The molecule has 3 N–H and O–H groups in total. The van der Waals surface area contributed by atoms with E-state index in [0.717, 1.165) is 30.5 Å². The van der Waals surface area contributed by atoms with Crippen molar-refractivity contribution in [1.29, 1.82) is 0 Å². The summed E-state index contributed by atoms with van der Waals surface area (Å²) < 4.78 is 0. The summed E-state index contributed by atoms with van der Waals surface area (Å²) in [5, 5.41) is 2.68. The number of aryl methyl sites for hydroxylation is 2. The summed E-state index contributed by atoms with van der Waals surface area (Å²) >= 11 is 0. The summed E-state index contributed by atoms with van der Waals surface area (Å²) in [5.41, 5.74) is 11.7. The maximum Gasteiger partial charge on any atom is 0.237 e. The van der Waals surface area contributed by atoms with E-state index in [-0.39, 0.29) is 11.9 Å². The molecule has 36 heavy (non-hydrogen) atoms. The van der Waals surface area contributed by atoms with Gasteiger partial charge in [-0.1, -0.05) is 50.6 Å². The minimum absolute atomic E-state index is 0.119. The Morgan fingerprint density at radius 1 is 1.08 bits per heavy atom. The lowest BCUT2D eigenvalue weighted by molar-refractivity contribution is -0.126. The van der Waals surface area contributed by atoms with Gasteiger partial charge in [-0.15, -0.1) is 0 Å². The van der Waals surface area contributed by atoms with Gasteiger partial charge in [0, 0.05) is 24.5 Å². The predicted octanol–water partition coefficient (Wildman–Crippen LogP) is 5.37. The van der Waals surface area contributed by atoms with Crippen LogP contribution in [0.25, 0.3) is 5.70 Å². The van der Waals surface area contributed by atoms with Crippen LogP contribution in [0.3, 0.4) is 0 Å². The van der Waals surface area contributed by atoms with E-state index in [0.29, 0.717) is 11.3 Å². The summed E-state index contributed by atoms with van der Waals surface area (Å²) in [7, 11) is 3.71. The number of aldehydes is 1. The Labute approximate surface area is 217 Å². The van der Waals surface area contributed by atoms with E-state index in [1.165, 1.54) is 30.0 Å². The molecule has 1 aliphatic rings. The maximum atomic E-state index is 11.2. The number of nitrogens with zero attached hydrogens (tertiary/aromatic N) is 2. The van der Waals surface area contributed by atoms with Crippen molar-refractivity contribution in [2.45, 2.75) is 53.0 Å². The van der Waals surface area contributed by atoms with Gasteiger partial charge < -0.3 is 11.1 Å². The third kappa shape index (κ3) is 10.0. The van der Waals surface area contributed by atoms with Crippen LogP contribution in [0.5, 0.6) is 0 Å². The van der Waals surface area contributed by atoms with Crippen molar-refractivity contribution in [2.24, 2.45) is 10.7 Å². The molecule has 0 bridgehead atoms. The van der Waals surface area contributed by atoms with E-state index < -0.39 is 0 Å². The van der Waals surface area contributed by atoms with Crippen molar-refractivity contribution in [3.63, 3.8) is 0 Å². The highest BCUT2D eigenvalue weighted by atomic mass is 16.2. The summed E-state index contributed by atoms with van der Waals surface area (Å²) in [5.74, 6) is 0.159. The average molecular weight is 491 g/mol. The number of amides is 1. The third-order valence-electron chi connectivity index (χ3n) is 5.91. The first-order valence-corrected chi connectivity index (χ1v) is 12.6. The molecule has 0 spiro atoms. The molecule has 0 saturated carbocycles. The molecule has 1 atom stereocenters. The Morgan fingerprint density at radius 3 is 2.36 bits per heavy atom. The zero-order valence-corrected chi connectivity index (χ0v) is 22.6. The molecule has 1 aliphatic heterocycles. The van der Waals surface area contributed by atoms with Crippen LogP contribution in [0.15, 0.2) is 71.2 Å². The molecular formula is C30H42N4O2. The molecule has 6 nitrogen and oxygen atoms in total. The van der Waals surface area contributed by atoms with Crippen LogP contribution >= 0.6 is 0 Å². The summed E-state index contributed by atoms with van der Waals surface area (Å²) in [6.45, 7) is 9.16. The molecule has 194 valence electrons. The van der Waals surface area contributed by atoms with E-state index in [2.05, 4.69) is 22.1 Å². The van der Waals surface area contributed by atoms with E-state index in [1.807, 2.05) is 76.3 Å². The Bertz CT molecular complexity index is 1040. The van der Waals surface area contributed by atoms with Gasteiger partial charge in [0.05, 0.1) is 11.7 Å². The number of carbonyl (C=O) groups is 2. The number of benzene rings is 2. The van der Waals surface area contributed by atoms with E-state index in [1.54, 1.807) is 19.3 Å². The highest BCUT2D eigenvalue weighted by molar-refractivity contribution is 5.95. The second-order valence-electron chi connectivity index (χ2n) is 8.36. The summed E-state index contributed by atoms with van der Waals surface area (Å²) in [4.78, 5) is 28.4. The average Bonchev–Trinajstić information content (AvgIpc) is 2.92. The molecule has 2 aromatic rings. The van der Waals surface area contributed by atoms with Crippen LogP contribution in [0.1, 0.15) is 49.8 Å². The topological polar surface area (TPSA) is 87.8 Å². The van der Waals surface area contributed by atoms with E-state index >= 15 is 0 Å². The number of likely N-dealkylation sites (tertiary alicyclic amines) is 1. The summed E-state index contributed by atoms with van der Waals surface area (Å²) in [6, 6.07) is 15.8. The number of hydrogen-bond acceptors (Lipinski definition) is 5. The maximum absolute atomic E-state index is 11.2. The molecule has 6 heteroatoms.